The number of hydrogen-bond donors (Lipinski definition) is 2. The Morgan fingerprint density at radius 2 is 1.83 bits per heavy atom. The van der Waals surface area contributed by atoms with Crippen LogP contribution in [0.2, 0.25) is 0 Å². The first-order valence-electron chi connectivity index (χ1n) is 10.2. The van der Waals surface area contributed by atoms with Gasteiger partial charge in [-0.25, -0.2) is 8.42 Å². The van der Waals surface area contributed by atoms with Crippen LogP contribution in [0.15, 0.2) is 53.5 Å². The third-order valence-corrected chi connectivity index (χ3v) is 6.15. The topological polar surface area (TPSA) is 89.0 Å². The number of benzene rings is 2. The Kier molecular flexibility index (Phi) is 7.96. The Bertz CT molecular complexity index is 946. The molecule has 7 nitrogen and oxygen atoms in total. The molecule has 0 radical (unpaired) electrons. The maximum atomic E-state index is 12.3. The van der Waals surface area contributed by atoms with Crippen LogP contribution < -0.4 is 20.1 Å². The van der Waals surface area contributed by atoms with Crippen LogP contribution in [0, 0.1) is 0 Å². The zero-order chi connectivity index (χ0) is 21.2. The molecule has 0 amide bonds. The molecule has 2 aromatic rings. The zero-order valence-electron chi connectivity index (χ0n) is 17.3. The highest BCUT2D eigenvalue weighted by molar-refractivity contribution is 7.90. The van der Waals surface area contributed by atoms with E-state index in [1.54, 1.807) is 0 Å². The zero-order valence-corrected chi connectivity index (χ0v) is 18.1. The summed E-state index contributed by atoms with van der Waals surface area (Å²) in [5.74, 6) is 2.22. The van der Waals surface area contributed by atoms with Gasteiger partial charge >= 0.3 is 0 Å². The second kappa shape index (κ2) is 10.9. The van der Waals surface area contributed by atoms with E-state index in [2.05, 4.69) is 15.6 Å². The van der Waals surface area contributed by atoms with Gasteiger partial charge in [0.25, 0.3) is 0 Å². The molecule has 0 spiro atoms. The van der Waals surface area contributed by atoms with Gasteiger partial charge in [-0.1, -0.05) is 30.3 Å². The molecule has 0 fully saturated rings. The van der Waals surface area contributed by atoms with E-state index in [1.807, 2.05) is 55.5 Å². The van der Waals surface area contributed by atoms with E-state index < -0.39 is 9.84 Å². The van der Waals surface area contributed by atoms with Gasteiger partial charge in [-0.2, -0.15) is 0 Å². The standard InChI is InChI=1S/C22H29N3O4S/c1-2-23-22(25-19-10-11-20-21(16-19)29-14-7-13-28-20)24-12-6-15-30(26,27)17-18-8-4-3-5-9-18/h3-5,8-11,16H,2,6-7,12-15,17H2,1H3,(H2,23,24,25). The number of rotatable bonds is 8. The van der Waals surface area contributed by atoms with Crippen molar-refractivity contribution in [3.05, 3.63) is 54.1 Å². The summed E-state index contributed by atoms with van der Waals surface area (Å²) in [6.45, 7) is 4.37. The second-order valence-electron chi connectivity index (χ2n) is 7.03. The van der Waals surface area contributed by atoms with E-state index in [9.17, 15) is 8.42 Å². The Balaban J connectivity index is 1.55. The number of hydrogen-bond acceptors (Lipinski definition) is 5. The molecule has 1 aliphatic rings. The first kappa shape index (κ1) is 22.0. The number of fused-ring (bicyclic) bond motifs is 1. The maximum Gasteiger partial charge on any atom is 0.195 e. The molecule has 0 saturated heterocycles. The second-order valence-corrected chi connectivity index (χ2v) is 9.21. The van der Waals surface area contributed by atoms with Gasteiger partial charge in [0.05, 0.1) is 24.7 Å². The number of ether oxygens (including phenoxy) is 2. The molecule has 0 atom stereocenters. The van der Waals surface area contributed by atoms with E-state index in [4.69, 9.17) is 9.47 Å². The highest BCUT2D eigenvalue weighted by atomic mass is 32.2. The largest absolute Gasteiger partial charge is 0.490 e. The van der Waals surface area contributed by atoms with Crippen LogP contribution in [0.4, 0.5) is 5.69 Å². The van der Waals surface area contributed by atoms with Crippen molar-refractivity contribution in [3.63, 3.8) is 0 Å². The molecule has 0 unspecified atom stereocenters. The summed E-state index contributed by atoms with van der Waals surface area (Å²) in [4.78, 5) is 4.51. The number of aliphatic imine (C=N–C) groups is 1. The number of nitrogens with zero attached hydrogens (tertiary/aromatic N) is 1. The third kappa shape index (κ3) is 6.95. The summed E-state index contributed by atoms with van der Waals surface area (Å²) in [5, 5.41) is 6.42. The Hall–Kier alpha value is -2.74. The molecule has 162 valence electrons. The molecular formula is C22H29N3O4S. The summed E-state index contributed by atoms with van der Waals surface area (Å²) >= 11 is 0. The summed E-state index contributed by atoms with van der Waals surface area (Å²) in [6.07, 6.45) is 1.32. The minimum absolute atomic E-state index is 0.0626. The van der Waals surface area contributed by atoms with Gasteiger partial charge in [-0.15, -0.1) is 0 Å². The van der Waals surface area contributed by atoms with Gasteiger partial charge in [0.1, 0.15) is 0 Å². The summed E-state index contributed by atoms with van der Waals surface area (Å²) in [7, 11) is -3.16. The molecule has 0 bridgehead atoms. The van der Waals surface area contributed by atoms with Crippen molar-refractivity contribution >= 4 is 21.5 Å². The molecule has 3 rings (SSSR count). The number of guanidine groups is 1. The quantitative estimate of drug-likeness (QED) is 0.379. The van der Waals surface area contributed by atoms with Crippen molar-refractivity contribution in [2.45, 2.75) is 25.5 Å². The molecule has 0 aliphatic carbocycles. The van der Waals surface area contributed by atoms with Gasteiger partial charge in [0.2, 0.25) is 0 Å². The van der Waals surface area contributed by atoms with Crippen molar-refractivity contribution < 1.29 is 17.9 Å². The van der Waals surface area contributed by atoms with Crippen LogP contribution in [-0.2, 0) is 15.6 Å². The highest BCUT2D eigenvalue weighted by Gasteiger charge is 2.13. The van der Waals surface area contributed by atoms with Gasteiger partial charge in [0, 0.05) is 31.3 Å². The lowest BCUT2D eigenvalue weighted by atomic mass is 10.2. The normalized spacial score (nSPS) is 14.1. The predicted octanol–water partition coefficient (Wildman–Crippen LogP) is 3.23. The lowest BCUT2D eigenvalue weighted by Crippen LogP contribution is -2.30. The smallest absolute Gasteiger partial charge is 0.195 e. The molecule has 0 aromatic heterocycles. The summed E-state index contributed by atoms with van der Waals surface area (Å²) in [6, 6.07) is 14.9. The molecule has 8 heteroatoms. The van der Waals surface area contributed by atoms with E-state index >= 15 is 0 Å². The van der Waals surface area contributed by atoms with Gasteiger partial charge < -0.3 is 20.1 Å². The SMILES string of the molecule is CCNC(=NCCCS(=O)(=O)Cc1ccccc1)Nc1ccc2c(c1)OCCCO2. The van der Waals surface area contributed by atoms with Gasteiger partial charge in [-0.3, -0.25) is 4.99 Å². The van der Waals surface area contributed by atoms with Crippen molar-refractivity contribution in [2.24, 2.45) is 4.99 Å². The average Bonchev–Trinajstić information content (AvgIpc) is 2.97. The maximum absolute atomic E-state index is 12.3. The molecule has 0 saturated carbocycles. The molecule has 2 N–H and O–H groups in total. The van der Waals surface area contributed by atoms with E-state index in [0.29, 0.717) is 44.4 Å². The van der Waals surface area contributed by atoms with Gasteiger partial charge in [0.15, 0.2) is 27.3 Å². The Morgan fingerprint density at radius 3 is 2.60 bits per heavy atom. The van der Waals surface area contributed by atoms with Crippen LogP contribution in [0.25, 0.3) is 0 Å². The number of nitrogens with one attached hydrogen (secondary N) is 2. The van der Waals surface area contributed by atoms with Crippen LogP contribution in [0.1, 0.15) is 25.3 Å². The van der Waals surface area contributed by atoms with E-state index in [-0.39, 0.29) is 11.5 Å². The number of sulfone groups is 1. The fourth-order valence-electron chi connectivity index (χ4n) is 3.06. The fraction of sp³-hybridized carbons (Fsp3) is 0.409. The Morgan fingerprint density at radius 1 is 1.07 bits per heavy atom. The Labute approximate surface area is 178 Å². The van der Waals surface area contributed by atoms with Crippen molar-refractivity contribution in [3.8, 4) is 11.5 Å². The first-order valence-corrected chi connectivity index (χ1v) is 12.1. The van der Waals surface area contributed by atoms with Gasteiger partial charge in [-0.05, 0) is 31.0 Å². The van der Waals surface area contributed by atoms with Crippen LogP contribution in [-0.4, -0.2) is 46.4 Å². The molecular weight excluding hydrogens is 402 g/mol. The monoisotopic (exact) mass is 431 g/mol. The summed E-state index contributed by atoms with van der Waals surface area (Å²) in [5.41, 5.74) is 1.64. The minimum Gasteiger partial charge on any atom is -0.490 e. The van der Waals surface area contributed by atoms with Crippen molar-refractivity contribution in [1.82, 2.24) is 5.32 Å². The first-order chi connectivity index (χ1) is 14.6. The molecule has 1 aliphatic heterocycles. The van der Waals surface area contributed by atoms with E-state index in [0.717, 1.165) is 23.4 Å². The fourth-order valence-corrected chi connectivity index (χ4v) is 4.47. The van der Waals surface area contributed by atoms with Crippen LogP contribution in [0.3, 0.4) is 0 Å². The third-order valence-electron chi connectivity index (χ3n) is 4.47. The molecule has 1 heterocycles. The van der Waals surface area contributed by atoms with Crippen LogP contribution >= 0.6 is 0 Å². The predicted molar refractivity (Wildman–Crippen MR) is 120 cm³/mol. The lowest BCUT2D eigenvalue weighted by molar-refractivity contribution is 0.297. The van der Waals surface area contributed by atoms with Crippen molar-refractivity contribution in [1.29, 1.82) is 0 Å². The molecule has 2 aromatic carbocycles. The number of anilines is 1. The van der Waals surface area contributed by atoms with Crippen molar-refractivity contribution in [2.75, 3.05) is 37.4 Å². The molecule has 30 heavy (non-hydrogen) atoms. The van der Waals surface area contributed by atoms with E-state index in [1.165, 1.54) is 0 Å². The highest BCUT2D eigenvalue weighted by Crippen LogP contribution is 2.32. The lowest BCUT2D eigenvalue weighted by Gasteiger charge is -2.13. The average molecular weight is 432 g/mol. The minimum atomic E-state index is -3.16. The summed E-state index contributed by atoms with van der Waals surface area (Å²) < 4.78 is 36.0. The van der Waals surface area contributed by atoms with Crippen LogP contribution in [0.5, 0.6) is 11.5 Å².